The van der Waals surface area contributed by atoms with Gasteiger partial charge in [0.2, 0.25) is 0 Å². The van der Waals surface area contributed by atoms with Crippen molar-refractivity contribution in [1.82, 2.24) is 4.90 Å². The zero-order chi connectivity index (χ0) is 18.4. The first-order valence-electron chi connectivity index (χ1n) is 9.18. The molecule has 0 bridgehead atoms. The maximum atomic E-state index is 10.5. The van der Waals surface area contributed by atoms with Crippen LogP contribution in [0.15, 0.2) is 48.5 Å². The quantitative estimate of drug-likeness (QED) is 0.741. The minimum absolute atomic E-state index is 0.0598. The van der Waals surface area contributed by atoms with Gasteiger partial charge in [0.15, 0.2) is 0 Å². The van der Waals surface area contributed by atoms with Crippen molar-refractivity contribution in [2.75, 3.05) is 6.54 Å². The lowest BCUT2D eigenvalue weighted by molar-refractivity contribution is 0.170. The summed E-state index contributed by atoms with van der Waals surface area (Å²) >= 11 is 0. The van der Waals surface area contributed by atoms with Crippen LogP contribution in [0.25, 0.3) is 0 Å². The summed E-state index contributed by atoms with van der Waals surface area (Å²) in [6.07, 6.45) is 0.894. The number of aromatic hydroxyl groups is 1. The van der Waals surface area contributed by atoms with Crippen LogP contribution in [0.2, 0.25) is 0 Å². The van der Waals surface area contributed by atoms with Crippen molar-refractivity contribution >= 4 is 0 Å². The Morgan fingerprint density at radius 1 is 0.880 bits per heavy atom. The van der Waals surface area contributed by atoms with Crippen LogP contribution in [0.1, 0.15) is 56.7 Å². The Labute approximate surface area is 151 Å². The van der Waals surface area contributed by atoms with Gasteiger partial charge in [0.25, 0.3) is 0 Å². The minimum atomic E-state index is -0.0643. The zero-order valence-electron chi connectivity index (χ0n) is 15.8. The smallest absolute Gasteiger partial charge is 0.119 e. The lowest BCUT2D eigenvalue weighted by Gasteiger charge is -2.32. The molecule has 1 atom stereocenters. The average molecular weight is 341 g/mol. The average Bonchev–Trinajstić information content (AvgIpc) is 2.59. The van der Waals surface area contributed by atoms with E-state index in [0.29, 0.717) is 12.1 Å². The molecule has 0 aromatic heterocycles. The van der Waals surface area contributed by atoms with E-state index in [2.05, 4.69) is 44.7 Å². The Morgan fingerprint density at radius 2 is 1.52 bits per heavy atom. The van der Waals surface area contributed by atoms with Gasteiger partial charge < -0.3 is 10.2 Å². The van der Waals surface area contributed by atoms with E-state index in [1.807, 2.05) is 24.3 Å². The van der Waals surface area contributed by atoms with Crippen molar-refractivity contribution in [2.24, 2.45) is 0 Å². The second-order valence-electron chi connectivity index (χ2n) is 7.19. The first kappa shape index (κ1) is 19.5. The number of aliphatic hydroxyl groups excluding tert-OH is 1. The summed E-state index contributed by atoms with van der Waals surface area (Å²) in [7, 11) is 0. The van der Waals surface area contributed by atoms with E-state index < -0.39 is 0 Å². The molecule has 0 fully saturated rings. The van der Waals surface area contributed by atoms with E-state index in [4.69, 9.17) is 0 Å². The van der Waals surface area contributed by atoms with Crippen LogP contribution in [0.4, 0.5) is 0 Å². The van der Waals surface area contributed by atoms with E-state index in [0.717, 1.165) is 24.1 Å². The van der Waals surface area contributed by atoms with Crippen LogP contribution in [0, 0.1) is 0 Å². The highest BCUT2D eigenvalue weighted by atomic mass is 16.3. The molecule has 0 aliphatic rings. The van der Waals surface area contributed by atoms with Crippen LogP contribution < -0.4 is 0 Å². The van der Waals surface area contributed by atoms with E-state index >= 15 is 0 Å². The normalized spacial score (nSPS) is 13.0. The van der Waals surface area contributed by atoms with Gasteiger partial charge in [0.05, 0.1) is 6.61 Å². The summed E-state index contributed by atoms with van der Waals surface area (Å²) in [5, 5.41) is 20.3. The van der Waals surface area contributed by atoms with Gasteiger partial charge >= 0.3 is 0 Å². The summed E-state index contributed by atoms with van der Waals surface area (Å²) in [6.45, 7) is 9.75. The number of phenols is 1. The van der Waals surface area contributed by atoms with Gasteiger partial charge in [-0.1, -0.05) is 42.5 Å². The number of phenolic OH excluding ortho intramolecular Hbond substituents is 1. The van der Waals surface area contributed by atoms with Crippen LogP contribution >= 0.6 is 0 Å². The van der Waals surface area contributed by atoms with Crippen LogP contribution in [-0.2, 0) is 6.61 Å². The molecule has 25 heavy (non-hydrogen) atoms. The highest BCUT2D eigenvalue weighted by Crippen LogP contribution is 2.36. The summed E-state index contributed by atoms with van der Waals surface area (Å²) in [6, 6.07) is 16.6. The first-order chi connectivity index (χ1) is 12.0. The van der Waals surface area contributed by atoms with Gasteiger partial charge in [0.1, 0.15) is 5.75 Å². The fraction of sp³-hybridized carbons (Fsp3) is 0.455. The monoisotopic (exact) mass is 341 g/mol. The molecule has 0 saturated carbocycles. The maximum Gasteiger partial charge on any atom is 0.119 e. The third kappa shape index (κ3) is 4.83. The number of aliphatic hydroxyl groups is 1. The van der Waals surface area contributed by atoms with E-state index in [9.17, 15) is 10.2 Å². The SMILES string of the molecule is CC(C)N(CCC(c1ccccc1)c1c(O)cccc1CO)C(C)C. The zero-order valence-corrected chi connectivity index (χ0v) is 15.8. The molecule has 2 aromatic carbocycles. The van der Waals surface area contributed by atoms with Crippen molar-refractivity contribution in [1.29, 1.82) is 0 Å². The molecule has 0 spiro atoms. The van der Waals surface area contributed by atoms with Crippen molar-refractivity contribution in [3.8, 4) is 5.75 Å². The van der Waals surface area contributed by atoms with Crippen molar-refractivity contribution in [3.05, 3.63) is 65.2 Å². The lowest BCUT2D eigenvalue weighted by atomic mass is 9.85. The standard InChI is InChI=1S/C22H31NO2/c1-16(2)23(17(3)4)14-13-20(18-9-6-5-7-10-18)22-19(15-24)11-8-12-21(22)25/h5-12,16-17,20,24-25H,13-15H2,1-4H3. The van der Waals surface area contributed by atoms with Gasteiger partial charge in [-0.3, -0.25) is 4.90 Å². The van der Waals surface area contributed by atoms with Crippen LogP contribution in [0.5, 0.6) is 5.75 Å². The molecule has 136 valence electrons. The highest BCUT2D eigenvalue weighted by Gasteiger charge is 2.23. The number of hydrogen-bond acceptors (Lipinski definition) is 3. The Bertz CT molecular complexity index is 644. The van der Waals surface area contributed by atoms with E-state index in [1.54, 1.807) is 12.1 Å². The number of benzene rings is 2. The molecule has 2 rings (SSSR count). The predicted molar refractivity (Wildman–Crippen MR) is 104 cm³/mol. The Hall–Kier alpha value is -1.84. The molecule has 3 heteroatoms. The molecule has 0 aliphatic carbocycles. The molecule has 2 aromatic rings. The molecule has 0 heterocycles. The third-order valence-electron chi connectivity index (χ3n) is 4.90. The van der Waals surface area contributed by atoms with Gasteiger partial charge in [-0.05, 0) is 57.9 Å². The fourth-order valence-corrected chi connectivity index (χ4v) is 3.69. The van der Waals surface area contributed by atoms with Gasteiger partial charge in [-0.25, -0.2) is 0 Å². The largest absolute Gasteiger partial charge is 0.508 e. The molecule has 0 saturated heterocycles. The molecule has 2 N–H and O–H groups in total. The predicted octanol–water partition coefficient (Wildman–Crippen LogP) is 4.53. The fourth-order valence-electron chi connectivity index (χ4n) is 3.69. The summed E-state index contributed by atoms with van der Waals surface area (Å²) in [5.74, 6) is 0.325. The summed E-state index contributed by atoms with van der Waals surface area (Å²) in [4.78, 5) is 2.47. The van der Waals surface area contributed by atoms with Crippen molar-refractivity contribution < 1.29 is 10.2 Å². The van der Waals surface area contributed by atoms with E-state index in [1.165, 1.54) is 5.56 Å². The topological polar surface area (TPSA) is 43.7 Å². The molecule has 0 radical (unpaired) electrons. The molecule has 0 aliphatic heterocycles. The Kier molecular flexibility index (Phi) is 7.03. The van der Waals surface area contributed by atoms with Crippen LogP contribution in [0.3, 0.4) is 0 Å². The van der Waals surface area contributed by atoms with Crippen LogP contribution in [-0.4, -0.2) is 33.7 Å². The second kappa shape index (κ2) is 9.02. The minimum Gasteiger partial charge on any atom is -0.508 e. The second-order valence-corrected chi connectivity index (χ2v) is 7.19. The van der Waals surface area contributed by atoms with Gasteiger partial charge in [-0.2, -0.15) is 0 Å². The maximum absolute atomic E-state index is 10.5. The first-order valence-corrected chi connectivity index (χ1v) is 9.18. The van der Waals surface area contributed by atoms with Crippen molar-refractivity contribution in [2.45, 2.75) is 58.7 Å². The van der Waals surface area contributed by atoms with Crippen molar-refractivity contribution in [3.63, 3.8) is 0 Å². The lowest BCUT2D eigenvalue weighted by Crippen LogP contribution is -2.38. The molecular weight excluding hydrogens is 310 g/mol. The van der Waals surface area contributed by atoms with E-state index in [-0.39, 0.29) is 18.3 Å². The summed E-state index contributed by atoms with van der Waals surface area (Å²) in [5.41, 5.74) is 2.82. The number of nitrogens with zero attached hydrogens (tertiary/aromatic N) is 1. The van der Waals surface area contributed by atoms with Gasteiger partial charge in [0, 0.05) is 23.6 Å². The summed E-state index contributed by atoms with van der Waals surface area (Å²) < 4.78 is 0. The number of rotatable bonds is 8. The Morgan fingerprint density at radius 3 is 2.08 bits per heavy atom. The highest BCUT2D eigenvalue weighted by molar-refractivity contribution is 5.46. The Balaban J connectivity index is 2.39. The number of hydrogen-bond donors (Lipinski definition) is 2. The molecule has 3 nitrogen and oxygen atoms in total. The molecular formula is C22H31NO2. The third-order valence-corrected chi connectivity index (χ3v) is 4.90. The molecule has 1 unspecified atom stereocenters. The molecule has 0 amide bonds. The van der Waals surface area contributed by atoms with Gasteiger partial charge in [-0.15, -0.1) is 0 Å².